The highest BCUT2D eigenvalue weighted by atomic mass is 35.5. The highest BCUT2D eigenvalue weighted by Gasteiger charge is 2.15. The predicted octanol–water partition coefficient (Wildman–Crippen LogP) is 4.85. The summed E-state index contributed by atoms with van der Waals surface area (Å²) in [5.74, 6) is 0.839. The second kappa shape index (κ2) is 6.97. The number of ether oxygens (including phenoxy) is 1. The zero-order valence-corrected chi connectivity index (χ0v) is 13.8. The molecule has 0 saturated carbocycles. The van der Waals surface area contributed by atoms with E-state index in [2.05, 4.69) is 50.1 Å². The van der Waals surface area contributed by atoms with Crippen molar-refractivity contribution < 1.29 is 4.74 Å². The van der Waals surface area contributed by atoms with Gasteiger partial charge in [0.2, 0.25) is 0 Å². The molecule has 0 unspecified atom stereocenters. The van der Waals surface area contributed by atoms with Crippen molar-refractivity contribution in [3.05, 3.63) is 64.2 Å². The van der Waals surface area contributed by atoms with Gasteiger partial charge in [-0.3, -0.25) is 4.90 Å². The van der Waals surface area contributed by atoms with Gasteiger partial charge in [0.15, 0.2) is 0 Å². The molecule has 0 saturated heterocycles. The Morgan fingerprint density at radius 3 is 2.57 bits per heavy atom. The Kier molecular flexibility index (Phi) is 5.27. The van der Waals surface area contributed by atoms with Gasteiger partial charge in [0.05, 0.1) is 7.11 Å². The van der Waals surface area contributed by atoms with E-state index in [9.17, 15) is 0 Å². The normalized spacial score (nSPS) is 12.5. The summed E-state index contributed by atoms with van der Waals surface area (Å²) in [6.45, 7) is 5.15. The molecule has 0 amide bonds. The fourth-order valence-corrected chi connectivity index (χ4v) is 2.68. The third-order valence-electron chi connectivity index (χ3n) is 3.97. The van der Waals surface area contributed by atoms with Crippen molar-refractivity contribution >= 4 is 11.6 Å². The molecule has 2 aromatic carbocycles. The minimum Gasteiger partial charge on any atom is -0.497 e. The fraction of sp³-hybridized carbons (Fsp3) is 0.333. The molecule has 0 N–H and O–H groups in total. The molecule has 0 fully saturated rings. The van der Waals surface area contributed by atoms with Gasteiger partial charge in [0, 0.05) is 17.6 Å². The van der Waals surface area contributed by atoms with E-state index in [-0.39, 0.29) is 0 Å². The van der Waals surface area contributed by atoms with Gasteiger partial charge >= 0.3 is 0 Å². The molecule has 1 atom stereocenters. The molecule has 0 aromatic heterocycles. The minimum atomic E-state index is 0.327. The molecular weight excluding hydrogens is 282 g/mol. The lowest BCUT2D eigenvalue weighted by Crippen LogP contribution is -2.22. The predicted molar refractivity (Wildman–Crippen MR) is 89.1 cm³/mol. The number of hydrogen-bond acceptors (Lipinski definition) is 2. The van der Waals surface area contributed by atoms with E-state index in [1.165, 1.54) is 11.1 Å². The van der Waals surface area contributed by atoms with Crippen molar-refractivity contribution in [1.82, 2.24) is 4.90 Å². The Labute approximate surface area is 132 Å². The Hall–Kier alpha value is -1.51. The van der Waals surface area contributed by atoms with Crippen LogP contribution in [0, 0.1) is 6.92 Å². The molecule has 0 aliphatic heterocycles. The van der Waals surface area contributed by atoms with Gasteiger partial charge in [-0.2, -0.15) is 0 Å². The van der Waals surface area contributed by atoms with Crippen LogP contribution in [0.4, 0.5) is 0 Å². The molecule has 0 aliphatic carbocycles. The van der Waals surface area contributed by atoms with E-state index in [4.69, 9.17) is 16.3 Å². The third kappa shape index (κ3) is 3.78. The van der Waals surface area contributed by atoms with Crippen molar-refractivity contribution in [2.75, 3.05) is 14.2 Å². The Morgan fingerprint density at radius 1 is 1.19 bits per heavy atom. The summed E-state index contributed by atoms with van der Waals surface area (Å²) in [6.07, 6.45) is 0. The molecule has 2 rings (SSSR count). The maximum absolute atomic E-state index is 6.30. The van der Waals surface area contributed by atoms with Crippen LogP contribution in [-0.2, 0) is 6.54 Å². The van der Waals surface area contributed by atoms with Crippen molar-refractivity contribution in [3.8, 4) is 5.75 Å². The molecule has 0 aliphatic rings. The van der Waals surface area contributed by atoms with Crippen LogP contribution in [0.25, 0.3) is 0 Å². The molecule has 0 spiro atoms. The van der Waals surface area contributed by atoms with E-state index in [1.807, 2.05) is 18.2 Å². The van der Waals surface area contributed by atoms with Crippen molar-refractivity contribution in [2.24, 2.45) is 0 Å². The molecule has 0 bridgehead atoms. The van der Waals surface area contributed by atoms with Crippen LogP contribution < -0.4 is 4.74 Å². The van der Waals surface area contributed by atoms with Crippen molar-refractivity contribution in [2.45, 2.75) is 26.4 Å². The average Bonchev–Trinajstić information content (AvgIpc) is 2.49. The molecule has 21 heavy (non-hydrogen) atoms. The maximum Gasteiger partial charge on any atom is 0.119 e. The molecule has 3 heteroatoms. The first kappa shape index (κ1) is 15.9. The largest absolute Gasteiger partial charge is 0.497 e. The molecular formula is C18H22ClNO. The topological polar surface area (TPSA) is 12.5 Å². The minimum absolute atomic E-state index is 0.327. The van der Waals surface area contributed by atoms with Gasteiger partial charge in [0.25, 0.3) is 0 Å². The summed E-state index contributed by atoms with van der Waals surface area (Å²) >= 11 is 6.30. The summed E-state index contributed by atoms with van der Waals surface area (Å²) < 4.78 is 5.28. The van der Waals surface area contributed by atoms with E-state index in [0.717, 1.165) is 22.9 Å². The van der Waals surface area contributed by atoms with Crippen LogP contribution in [0.3, 0.4) is 0 Å². The highest BCUT2D eigenvalue weighted by Crippen LogP contribution is 2.27. The van der Waals surface area contributed by atoms with Gasteiger partial charge in [-0.05, 0) is 55.8 Å². The first-order chi connectivity index (χ1) is 10.0. The van der Waals surface area contributed by atoms with Crippen LogP contribution in [0.15, 0.2) is 42.5 Å². The SMILES string of the molecule is COc1ccc(Cl)c(CN(C)[C@H](C)c2ccccc2C)c1. The van der Waals surface area contributed by atoms with E-state index in [1.54, 1.807) is 7.11 Å². The summed E-state index contributed by atoms with van der Waals surface area (Å²) in [6, 6.07) is 14.6. The zero-order valence-electron chi connectivity index (χ0n) is 13.1. The smallest absolute Gasteiger partial charge is 0.119 e. The third-order valence-corrected chi connectivity index (χ3v) is 4.34. The number of methoxy groups -OCH3 is 1. The zero-order chi connectivity index (χ0) is 15.4. The highest BCUT2D eigenvalue weighted by molar-refractivity contribution is 6.31. The lowest BCUT2D eigenvalue weighted by atomic mass is 10.0. The summed E-state index contributed by atoms with van der Waals surface area (Å²) in [7, 11) is 3.79. The number of rotatable bonds is 5. The fourth-order valence-electron chi connectivity index (χ4n) is 2.50. The van der Waals surface area contributed by atoms with Gasteiger partial charge in [0.1, 0.15) is 5.75 Å². The van der Waals surface area contributed by atoms with Gasteiger partial charge in [-0.15, -0.1) is 0 Å². The van der Waals surface area contributed by atoms with Crippen LogP contribution in [-0.4, -0.2) is 19.1 Å². The summed E-state index contributed by atoms with van der Waals surface area (Å²) in [5, 5.41) is 0.777. The van der Waals surface area contributed by atoms with Crippen molar-refractivity contribution in [3.63, 3.8) is 0 Å². The van der Waals surface area contributed by atoms with E-state index < -0.39 is 0 Å². The standard InChI is InChI=1S/C18H22ClNO/c1-13-7-5-6-8-17(13)14(2)20(3)12-15-11-16(21-4)9-10-18(15)19/h5-11,14H,12H2,1-4H3/t14-/m1/s1. The number of aryl methyl sites for hydroxylation is 1. The van der Waals surface area contributed by atoms with Gasteiger partial charge in [-0.25, -0.2) is 0 Å². The quantitative estimate of drug-likeness (QED) is 0.783. The number of nitrogens with zero attached hydrogens (tertiary/aromatic N) is 1. The second-order valence-electron chi connectivity index (χ2n) is 5.41. The maximum atomic E-state index is 6.30. The Bertz CT molecular complexity index is 612. The number of hydrogen-bond donors (Lipinski definition) is 0. The molecule has 0 radical (unpaired) electrons. The van der Waals surface area contributed by atoms with E-state index >= 15 is 0 Å². The monoisotopic (exact) mass is 303 g/mol. The molecule has 2 aromatic rings. The molecule has 0 heterocycles. The first-order valence-electron chi connectivity index (χ1n) is 7.11. The number of halogens is 1. The van der Waals surface area contributed by atoms with Crippen LogP contribution >= 0.6 is 11.6 Å². The van der Waals surface area contributed by atoms with E-state index in [0.29, 0.717) is 6.04 Å². The first-order valence-corrected chi connectivity index (χ1v) is 7.49. The van der Waals surface area contributed by atoms with Crippen LogP contribution in [0.5, 0.6) is 5.75 Å². The Balaban J connectivity index is 2.18. The van der Waals surface area contributed by atoms with Gasteiger partial charge < -0.3 is 4.74 Å². The lowest BCUT2D eigenvalue weighted by molar-refractivity contribution is 0.252. The van der Waals surface area contributed by atoms with Gasteiger partial charge in [-0.1, -0.05) is 35.9 Å². The average molecular weight is 304 g/mol. The van der Waals surface area contributed by atoms with Crippen LogP contribution in [0.2, 0.25) is 5.02 Å². The van der Waals surface area contributed by atoms with Crippen molar-refractivity contribution in [1.29, 1.82) is 0 Å². The molecule has 2 nitrogen and oxygen atoms in total. The molecule has 112 valence electrons. The summed E-state index contributed by atoms with van der Waals surface area (Å²) in [4.78, 5) is 2.29. The van der Waals surface area contributed by atoms with Crippen LogP contribution in [0.1, 0.15) is 29.7 Å². The lowest BCUT2D eigenvalue weighted by Gasteiger charge is -2.27. The number of benzene rings is 2. The summed E-state index contributed by atoms with van der Waals surface area (Å²) in [5.41, 5.74) is 3.74. The Morgan fingerprint density at radius 2 is 1.90 bits per heavy atom. The second-order valence-corrected chi connectivity index (χ2v) is 5.81.